The van der Waals surface area contributed by atoms with E-state index in [0.29, 0.717) is 5.92 Å². The van der Waals surface area contributed by atoms with E-state index in [1.807, 2.05) is 0 Å². The molecule has 60 valence electrons. The van der Waals surface area contributed by atoms with E-state index in [0.717, 1.165) is 5.75 Å². The van der Waals surface area contributed by atoms with Gasteiger partial charge in [0.25, 0.3) is 0 Å². The highest BCUT2D eigenvalue weighted by Gasteiger charge is 2.22. The summed E-state index contributed by atoms with van der Waals surface area (Å²) in [6, 6.07) is 0. The van der Waals surface area contributed by atoms with Gasteiger partial charge in [-0.1, -0.05) is 12.8 Å². The number of rotatable bonds is 3. The zero-order valence-corrected chi connectivity index (χ0v) is 7.36. The minimum absolute atomic E-state index is 0.0301. The zero-order valence-electron chi connectivity index (χ0n) is 6.55. The van der Waals surface area contributed by atoms with Crippen LogP contribution in [0.1, 0.15) is 25.7 Å². The number of aliphatic hydroxyl groups is 1. The van der Waals surface area contributed by atoms with Crippen LogP contribution in [0, 0.1) is 5.92 Å². The van der Waals surface area contributed by atoms with Crippen LogP contribution in [0.4, 0.5) is 0 Å². The molecule has 1 fully saturated rings. The van der Waals surface area contributed by atoms with Crippen molar-refractivity contribution in [3.63, 3.8) is 0 Å². The molecule has 0 amide bonds. The molecule has 0 bridgehead atoms. The van der Waals surface area contributed by atoms with Crippen LogP contribution in [0.25, 0.3) is 0 Å². The second kappa shape index (κ2) is 4.24. The molecule has 0 aromatic carbocycles. The maximum atomic E-state index is 9.53. The van der Waals surface area contributed by atoms with Crippen molar-refractivity contribution in [2.45, 2.75) is 31.8 Å². The number of aliphatic hydroxyl groups excluding tert-OH is 1. The van der Waals surface area contributed by atoms with Gasteiger partial charge in [0.05, 0.1) is 6.10 Å². The van der Waals surface area contributed by atoms with Gasteiger partial charge in [0.15, 0.2) is 0 Å². The Hall–Kier alpha value is 0.310. The summed E-state index contributed by atoms with van der Waals surface area (Å²) >= 11 is 1.75. The molecule has 1 N–H and O–H groups in total. The van der Waals surface area contributed by atoms with Gasteiger partial charge in [0.2, 0.25) is 0 Å². The lowest BCUT2D eigenvalue weighted by molar-refractivity contribution is 0.133. The molecule has 1 saturated carbocycles. The highest BCUT2D eigenvalue weighted by molar-refractivity contribution is 7.98. The fourth-order valence-electron chi connectivity index (χ4n) is 1.65. The minimum Gasteiger partial charge on any atom is -0.392 e. The van der Waals surface area contributed by atoms with Crippen LogP contribution < -0.4 is 0 Å². The van der Waals surface area contributed by atoms with E-state index in [-0.39, 0.29) is 6.10 Å². The van der Waals surface area contributed by atoms with E-state index in [1.54, 1.807) is 11.8 Å². The van der Waals surface area contributed by atoms with Gasteiger partial charge in [0, 0.05) is 5.75 Å². The lowest BCUT2D eigenvalue weighted by Gasteiger charge is -2.15. The van der Waals surface area contributed by atoms with E-state index in [4.69, 9.17) is 0 Å². The SMILES string of the molecule is CSCC(O)C1CCCC1. The molecule has 0 heterocycles. The lowest BCUT2D eigenvalue weighted by Crippen LogP contribution is -2.19. The van der Waals surface area contributed by atoms with Gasteiger partial charge in [-0.05, 0) is 25.0 Å². The fraction of sp³-hybridized carbons (Fsp3) is 1.00. The first-order valence-corrected chi connectivity index (χ1v) is 5.41. The number of hydrogen-bond acceptors (Lipinski definition) is 2. The van der Waals surface area contributed by atoms with E-state index >= 15 is 0 Å². The Labute approximate surface area is 67.2 Å². The van der Waals surface area contributed by atoms with Crippen LogP contribution in [0.15, 0.2) is 0 Å². The smallest absolute Gasteiger partial charge is 0.0658 e. The van der Waals surface area contributed by atoms with Crippen molar-refractivity contribution in [3.8, 4) is 0 Å². The van der Waals surface area contributed by atoms with Crippen molar-refractivity contribution in [2.75, 3.05) is 12.0 Å². The number of thioether (sulfide) groups is 1. The topological polar surface area (TPSA) is 20.2 Å². The van der Waals surface area contributed by atoms with E-state index < -0.39 is 0 Å². The summed E-state index contributed by atoms with van der Waals surface area (Å²) in [6.07, 6.45) is 7.19. The Morgan fingerprint density at radius 3 is 2.60 bits per heavy atom. The first-order chi connectivity index (χ1) is 4.84. The van der Waals surface area contributed by atoms with Gasteiger partial charge in [-0.15, -0.1) is 0 Å². The third-order valence-corrected chi connectivity index (χ3v) is 2.96. The van der Waals surface area contributed by atoms with Crippen molar-refractivity contribution >= 4 is 11.8 Å². The van der Waals surface area contributed by atoms with Gasteiger partial charge in [0.1, 0.15) is 0 Å². The van der Waals surface area contributed by atoms with Crippen LogP contribution in [-0.2, 0) is 0 Å². The molecule has 1 aliphatic rings. The molecule has 0 saturated heterocycles. The molecule has 2 heteroatoms. The lowest BCUT2D eigenvalue weighted by atomic mass is 10.0. The zero-order chi connectivity index (χ0) is 7.40. The predicted octanol–water partition coefficient (Wildman–Crippen LogP) is 1.90. The molecule has 0 radical (unpaired) electrons. The molecule has 10 heavy (non-hydrogen) atoms. The summed E-state index contributed by atoms with van der Waals surface area (Å²) in [4.78, 5) is 0. The van der Waals surface area contributed by atoms with Crippen LogP contribution in [0.3, 0.4) is 0 Å². The van der Waals surface area contributed by atoms with Crippen molar-refractivity contribution in [2.24, 2.45) is 5.92 Å². The van der Waals surface area contributed by atoms with Crippen molar-refractivity contribution in [1.29, 1.82) is 0 Å². The maximum Gasteiger partial charge on any atom is 0.0658 e. The molecule has 0 aromatic heterocycles. The largest absolute Gasteiger partial charge is 0.392 e. The average molecular weight is 160 g/mol. The predicted molar refractivity (Wildman–Crippen MR) is 46.3 cm³/mol. The van der Waals surface area contributed by atoms with Gasteiger partial charge >= 0.3 is 0 Å². The van der Waals surface area contributed by atoms with Gasteiger partial charge in [-0.3, -0.25) is 0 Å². The van der Waals surface area contributed by atoms with E-state index in [9.17, 15) is 5.11 Å². The molecule has 1 atom stereocenters. The summed E-state index contributed by atoms with van der Waals surface area (Å²) in [5, 5.41) is 9.53. The van der Waals surface area contributed by atoms with Crippen LogP contribution in [0.2, 0.25) is 0 Å². The Morgan fingerprint density at radius 2 is 2.10 bits per heavy atom. The highest BCUT2D eigenvalue weighted by atomic mass is 32.2. The van der Waals surface area contributed by atoms with Crippen molar-refractivity contribution < 1.29 is 5.11 Å². The van der Waals surface area contributed by atoms with Crippen LogP contribution >= 0.6 is 11.8 Å². The summed E-state index contributed by atoms with van der Waals surface area (Å²) < 4.78 is 0. The molecule has 1 nitrogen and oxygen atoms in total. The molecule has 1 aliphatic carbocycles. The van der Waals surface area contributed by atoms with Crippen molar-refractivity contribution in [3.05, 3.63) is 0 Å². The summed E-state index contributed by atoms with van der Waals surface area (Å²) in [7, 11) is 0. The monoisotopic (exact) mass is 160 g/mol. The summed E-state index contributed by atoms with van der Waals surface area (Å²) in [6.45, 7) is 0. The Bertz CT molecular complexity index is 89.3. The average Bonchev–Trinajstić information content (AvgIpc) is 2.38. The van der Waals surface area contributed by atoms with Gasteiger partial charge in [-0.2, -0.15) is 11.8 Å². The highest BCUT2D eigenvalue weighted by Crippen LogP contribution is 2.28. The van der Waals surface area contributed by atoms with Gasteiger partial charge < -0.3 is 5.11 Å². The first kappa shape index (κ1) is 8.41. The molecule has 0 aliphatic heterocycles. The summed E-state index contributed by atoms with van der Waals surface area (Å²) in [5.41, 5.74) is 0. The fourth-order valence-corrected chi connectivity index (χ4v) is 2.26. The maximum absolute atomic E-state index is 9.53. The molecular formula is C8H16OS. The summed E-state index contributed by atoms with van der Waals surface area (Å²) in [5.74, 6) is 1.54. The Balaban J connectivity index is 2.18. The molecule has 1 unspecified atom stereocenters. The quantitative estimate of drug-likeness (QED) is 0.680. The molecule has 1 rings (SSSR count). The Kier molecular flexibility index (Phi) is 3.57. The van der Waals surface area contributed by atoms with E-state index in [2.05, 4.69) is 6.26 Å². The third-order valence-electron chi connectivity index (χ3n) is 2.28. The molecule has 0 aromatic rings. The Morgan fingerprint density at radius 1 is 1.50 bits per heavy atom. The normalized spacial score (nSPS) is 23.4. The molecule has 0 spiro atoms. The number of hydrogen-bond donors (Lipinski definition) is 1. The van der Waals surface area contributed by atoms with Gasteiger partial charge in [-0.25, -0.2) is 0 Å². The van der Waals surface area contributed by atoms with Crippen molar-refractivity contribution in [1.82, 2.24) is 0 Å². The standard InChI is InChI=1S/C8H16OS/c1-10-6-8(9)7-4-2-3-5-7/h7-9H,2-6H2,1H3. The third kappa shape index (κ3) is 2.17. The van der Waals surface area contributed by atoms with E-state index in [1.165, 1.54) is 25.7 Å². The second-order valence-electron chi connectivity index (χ2n) is 3.07. The second-order valence-corrected chi connectivity index (χ2v) is 3.98. The molecular weight excluding hydrogens is 144 g/mol. The first-order valence-electron chi connectivity index (χ1n) is 4.01. The van der Waals surface area contributed by atoms with Crippen LogP contribution in [-0.4, -0.2) is 23.2 Å². The minimum atomic E-state index is -0.0301. The van der Waals surface area contributed by atoms with Crippen LogP contribution in [0.5, 0.6) is 0 Å².